The van der Waals surface area contributed by atoms with E-state index in [0.29, 0.717) is 16.7 Å². The van der Waals surface area contributed by atoms with Gasteiger partial charge >= 0.3 is 0 Å². The van der Waals surface area contributed by atoms with Gasteiger partial charge in [0.1, 0.15) is 0 Å². The van der Waals surface area contributed by atoms with E-state index >= 15 is 0 Å². The summed E-state index contributed by atoms with van der Waals surface area (Å²) < 4.78 is 27.8. The van der Waals surface area contributed by atoms with Crippen LogP contribution in [0.25, 0.3) is 0 Å². The summed E-state index contributed by atoms with van der Waals surface area (Å²) >= 11 is 3.20. The van der Waals surface area contributed by atoms with E-state index in [-0.39, 0.29) is 6.04 Å². The molecule has 0 bridgehead atoms. The van der Waals surface area contributed by atoms with E-state index in [2.05, 4.69) is 4.72 Å². The van der Waals surface area contributed by atoms with E-state index in [9.17, 15) is 8.42 Å². The van der Waals surface area contributed by atoms with Crippen molar-refractivity contribution >= 4 is 33.1 Å². The second-order valence-electron chi connectivity index (χ2n) is 4.77. The Morgan fingerprint density at radius 2 is 2.26 bits per heavy atom. The Labute approximate surface area is 123 Å². The maximum absolute atomic E-state index is 12.4. The van der Waals surface area contributed by atoms with Crippen LogP contribution in [-0.2, 0) is 16.6 Å². The van der Waals surface area contributed by atoms with Gasteiger partial charge in [0.25, 0.3) is 0 Å². The van der Waals surface area contributed by atoms with Crippen molar-refractivity contribution in [1.29, 1.82) is 0 Å². The van der Waals surface area contributed by atoms with Crippen LogP contribution in [0.1, 0.15) is 29.0 Å². The second kappa shape index (κ2) is 6.13. The van der Waals surface area contributed by atoms with Crippen molar-refractivity contribution < 1.29 is 8.42 Å². The van der Waals surface area contributed by atoms with Crippen molar-refractivity contribution in [2.45, 2.75) is 48.9 Å². The van der Waals surface area contributed by atoms with E-state index in [1.807, 2.05) is 13.2 Å². The molecule has 7 heteroatoms. The van der Waals surface area contributed by atoms with Crippen LogP contribution >= 0.6 is 23.1 Å². The number of nitrogens with one attached hydrogen (secondary N) is 1. The van der Waals surface area contributed by atoms with E-state index in [1.165, 1.54) is 11.3 Å². The Hall–Kier alpha value is -0.0800. The van der Waals surface area contributed by atoms with Crippen molar-refractivity contribution in [3.63, 3.8) is 0 Å². The average Bonchev–Trinajstić information content (AvgIpc) is 2.95. The molecule has 0 saturated heterocycles. The lowest BCUT2D eigenvalue weighted by Crippen LogP contribution is -2.38. The number of sulfonamides is 1. The molecular formula is C12H20N2O2S3. The van der Waals surface area contributed by atoms with Crippen LogP contribution in [0.3, 0.4) is 0 Å². The molecule has 2 unspecified atom stereocenters. The first-order chi connectivity index (χ1) is 8.97. The third-order valence-electron chi connectivity index (χ3n) is 3.48. The van der Waals surface area contributed by atoms with Gasteiger partial charge < -0.3 is 5.73 Å². The molecule has 0 radical (unpaired) electrons. The minimum absolute atomic E-state index is 0.0561. The highest BCUT2D eigenvalue weighted by atomic mass is 32.2. The molecule has 1 heterocycles. The normalized spacial score (nSPS) is 23.9. The van der Waals surface area contributed by atoms with Gasteiger partial charge in [-0.2, -0.15) is 11.8 Å². The predicted octanol–water partition coefficient (Wildman–Crippen LogP) is 2.08. The molecule has 0 amide bonds. The maximum atomic E-state index is 12.4. The molecule has 3 N–H and O–H groups in total. The van der Waals surface area contributed by atoms with Crippen LogP contribution < -0.4 is 10.5 Å². The Kier molecular flexibility index (Phi) is 4.94. The quantitative estimate of drug-likeness (QED) is 0.871. The Morgan fingerprint density at radius 3 is 2.84 bits per heavy atom. The average molecular weight is 321 g/mol. The molecule has 1 aliphatic rings. The lowest BCUT2D eigenvalue weighted by molar-refractivity contribution is 0.555. The van der Waals surface area contributed by atoms with Crippen molar-refractivity contribution in [1.82, 2.24) is 4.72 Å². The van der Waals surface area contributed by atoms with E-state index in [1.54, 1.807) is 17.8 Å². The number of nitrogens with two attached hydrogens (primary N) is 1. The van der Waals surface area contributed by atoms with Crippen LogP contribution in [0.15, 0.2) is 11.0 Å². The molecule has 1 saturated carbocycles. The molecule has 1 aromatic rings. The third kappa shape index (κ3) is 3.33. The topological polar surface area (TPSA) is 72.2 Å². The van der Waals surface area contributed by atoms with Gasteiger partial charge in [0, 0.05) is 27.6 Å². The Bertz CT molecular complexity index is 539. The molecule has 19 heavy (non-hydrogen) atoms. The lowest BCUT2D eigenvalue weighted by Gasteiger charge is -2.19. The first-order valence-electron chi connectivity index (χ1n) is 6.32. The van der Waals surface area contributed by atoms with Gasteiger partial charge in [-0.05, 0) is 32.1 Å². The molecule has 2 atom stereocenters. The first-order valence-corrected chi connectivity index (χ1v) is 9.91. The fourth-order valence-electron chi connectivity index (χ4n) is 2.50. The Morgan fingerprint density at radius 1 is 1.53 bits per heavy atom. The number of thioether (sulfide) groups is 1. The summed E-state index contributed by atoms with van der Waals surface area (Å²) in [5.41, 5.74) is 5.57. The summed E-state index contributed by atoms with van der Waals surface area (Å²) in [7, 11) is -3.42. The van der Waals surface area contributed by atoms with Crippen LogP contribution in [0.4, 0.5) is 0 Å². The summed E-state index contributed by atoms with van der Waals surface area (Å²) in [6.07, 6.45) is 5.15. The molecule has 2 rings (SSSR count). The van der Waals surface area contributed by atoms with Gasteiger partial charge in [-0.15, -0.1) is 11.3 Å². The largest absolute Gasteiger partial charge is 0.326 e. The molecule has 0 aliphatic heterocycles. The predicted molar refractivity (Wildman–Crippen MR) is 82.2 cm³/mol. The van der Waals surface area contributed by atoms with Crippen molar-refractivity contribution in [3.05, 3.63) is 15.8 Å². The summed E-state index contributed by atoms with van der Waals surface area (Å²) in [6.45, 7) is 2.22. The number of aryl methyl sites for hydroxylation is 1. The minimum atomic E-state index is -3.42. The van der Waals surface area contributed by atoms with E-state index in [4.69, 9.17) is 5.73 Å². The fraction of sp³-hybridized carbons (Fsp3) is 0.667. The smallest absolute Gasteiger partial charge is 0.241 e. The maximum Gasteiger partial charge on any atom is 0.241 e. The zero-order valence-electron chi connectivity index (χ0n) is 11.2. The van der Waals surface area contributed by atoms with Gasteiger partial charge in [-0.25, -0.2) is 13.1 Å². The molecule has 4 nitrogen and oxygen atoms in total. The molecule has 108 valence electrons. The zero-order valence-corrected chi connectivity index (χ0v) is 13.6. The van der Waals surface area contributed by atoms with Crippen molar-refractivity contribution in [2.75, 3.05) is 6.26 Å². The van der Waals surface area contributed by atoms with Gasteiger partial charge in [0.05, 0.1) is 4.90 Å². The SMILES string of the molecule is CSC1CCCC1NS(=O)(=O)c1cc(CN)sc1C. The van der Waals surface area contributed by atoms with Crippen molar-refractivity contribution in [3.8, 4) is 0 Å². The minimum Gasteiger partial charge on any atom is -0.326 e. The molecule has 0 spiro atoms. The Balaban J connectivity index is 2.20. The standard InChI is InChI=1S/C12H20N2O2S3/c1-8-12(6-9(7-13)18-8)19(15,16)14-10-4-3-5-11(10)17-2/h6,10-11,14H,3-5,7,13H2,1-2H3. The number of hydrogen-bond donors (Lipinski definition) is 2. The summed E-state index contributed by atoms with van der Waals surface area (Å²) in [5.74, 6) is 0. The fourth-order valence-corrected chi connectivity index (χ4v) is 6.34. The van der Waals surface area contributed by atoms with Gasteiger partial charge in [-0.1, -0.05) is 6.42 Å². The molecular weight excluding hydrogens is 300 g/mol. The van der Waals surface area contributed by atoms with E-state index in [0.717, 1.165) is 29.0 Å². The molecule has 1 aromatic heterocycles. The second-order valence-corrected chi connectivity index (χ2v) is 8.87. The summed E-state index contributed by atoms with van der Waals surface area (Å²) in [4.78, 5) is 2.11. The molecule has 0 aromatic carbocycles. The van der Waals surface area contributed by atoms with Gasteiger partial charge in [-0.3, -0.25) is 0 Å². The summed E-state index contributed by atoms with van der Waals surface area (Å²) in [6, 6.07) is 1.76. The highest BCUT2D eigenvalue weighted by Crippen LogP contribution is 2.31. The summed E-state index contributed by atoms with van der Waals surface area (Å²) in [5, 5.41) is 0.391. The number of rotatable bonds is 5. The monoisotopic (exact) mass is 320 g/mol. The highest BCUT2D eigenvalue weighted by molar-refractivity contribution is 7.99. The highest BCUT2D eigenvalue weighted by Gasteiger charge is 2.31. The van der Waals surface area contributed by atoms with Crippen molar-refractivity contribution in [2.24, 2.45) is 5.73 Å². The van der Waals surface area contributed by atoms with Crippen LogP contribution in [0.2, 0.25) is 0 Å². The van der Waals surface area contributed by atoms with Crippen LogP contribution in [0.5, 0.6) is 0 Å². The zero-order chi connectivity index (χ0) is 14.0. The molecule has 1 aliphatic carbocycles. The molecule has 1 fully saturated rings. The van der Waals surface area contributed by atoms with Crippen LogP contribution in [-0.4, -0.2) is 26.0 Å². The number of hydrogen-bond acceptors (Lipinski definition) is 5. The van der Waals surface area contributed by atoms with Gasteiger partial charge in [0.15, 0.2) is 0 Å². The lowest BCUT2D eigenvalue weighted by atomic mass is 10.3. The first kappa shape index (κ1) is 15.3. The van der Waals surface area contributed by atoms with Crippen LogP contribution in [0, 0.1) is 6.92 Å². The van der Waals surface area contributed by atoms with E-state index < -0.39 is 10.0 Å². The third-order valence-corrected chi connectivity index (χ3v) is 7.46. The number of thiophene rings is 1. The van der Waals surface area contributed by atoms with Gasteiger partial charge in [0.2, 0.25) is 10.0 Å².